The molecular formula is C26H38N2O4. The van der Waals surface area contributed by atoms with Crippen molar-refractivity contribution in [2.45, 2.75) is 25.7 Å². The lowest BCUT2D eigenvalue weighted by Gasteiger charge is -2.22. The van der Waals surface area contributed by atoms with Gasteiger partial charge in [-0.3, -0.25) is 0 Å². The molecule has 6 heteroatoms. The predicted molar refractivity (Wildman–Crippen MR) is 129 cm³/mol. The fraction of sp³-hybridized carbons (Fsp3) is 0.538. The third kappa shape index (κ3) is 6.30. The minimum absolute atomic E-state index is 0.779. The largest absolute Gasteiger partial charge is 0.493 e. The molecule has 32 heavy (non-hydrogen) atoms. The first-order valence-corrected chi connectivity index (χ1v) is 11.4. The second-order valence-electron chi connectivity index (χ2n) is 8.41. The van der Waals surface area contributed by atoms with Crippen LogP contribution in [0, 0.1) is 0 Å². The standard InChI is InChI=1S/C26H38N2O4/c1-27(14-9-20-7-8-23(29-2)24(17-20)30-3)12-6-13-28-15-10-21-18-25(31-4)26(32-5)19-22(21)11-16-28/h7-8,17-19H,6,9-16H2,1-5H3. The maximum absolute atomic E-state index is 5.48. The van der Waals surface area contributed by atoms with E-state index in [-0.39, 0.29) is 0 Å². The van der Waals surface area contributed by atoms with E-state index in [1.807, 2.05) is 6.07 Å². The molecule has 0 atom stereocenters. The molecule has 0 aliphatic carbocycles. The van der Waals surface area contributed by atoms with Gasteiger partial charge in [-0.1, -0.05) is 6.07 Å². The Morgan fingerprint density at radius 1 is 0.750 bits per heavy atom. The SMILES string of the molecule is COc1ccc(CCN(C)CCCN2CCc3cc(OC)c(OC)cc3CC2)cc1OC. The Hall–Kier alpha value is -2.44. The first-order chi connectivity index (χ1) is 15.6. The molecule has 0 spiro atoms. The summed E-state index contributed by atoms with van der Waals surface area (Å²) in [6, 6.07) is 10.5. The van der Waals surface area contributed by atoms with Gasteiger partial charge in [0.2, 0.25) is 0 Å². The van der Waals surface area contributed by atoms with Crippen molar-refractivity contribution in [2.24, 2.45) is 0 Å². The number of fused-ring (bicyclic) bond motifs is 1. The molecule has 0 unspecified atom stereocenters. The Balaban J connectivity index is 1.42. The Bertz CT molecular complexity index is 836. The molecule has 6 nitrogen and oxygen atoms in total. The highest BCUT2D eigenvalue weighted by molar-refractivity contribution is 5.48. The second kappa shape index (κ2) is 12.0. The van der Waals surface area contributed by atoms with E-state index >= 15 is 0 Å². The molecule has 1 heterocycles. The van der Waals surface area contributed by atoms with Crippen LogP contribution in [-0.4, -0.2) is 78.0 Å². The maximum atomic E-state index is 5.48. The highest BCUT2D eigenvalue weighted by Gasteiger charge is 2.17. The molecule has 0 saturated heterocycles. The average Bonchev–Trinajstić information content (AvgIpc) is 3.03. The van der Waals surface area contributed by atoms with Crippen molar-refractivity contribution in [3.63, 3.8) is 0 Å². The van der Waals surface area contributed by atoms with Crippen LogP contribution in [0.4, 0.5) is 0 Å². The van der Waals surface area contributed by atoms with Gasteiger partial charge in [0.05, 0.1) is 28.4 Å². The zero-order chi connectivity index (χ0) is 22.9. The summed E-state index contributed by atoms with van der Waals surface area (Å²) in [5.41, 5.74) is 4.04. The monoisotopic (exact) mass is 442 g/mol. The first kappa shape index (κ1) is 24.2. The van der Waals surface area contributed by atoms with Crippen LogP contribution in [0.2, 0.25) is 0 Å². The third-order valence-corrected chi connectivity index (χ3v) is 6.34. The molecule has 176 valence electrons. The van der Waals surface area contributed by atoms with Gasteiger partial charge in [-0.15, -0.1) is 0 Å². The van der Waals surface area contributed by atoms with E-state index in [0.717, 1.165) is 75.0 Å². The summed E-state index contributed by atoms with van der Waals surface area (Å²) in [5.74, 6) is 3.23. The van der Waals surface area contributed by atoms with E-state index in [9.17, 15) is 0 Å². The van der Waals surface area contributed by atoms with E-state index in [1.54, 1.807) is 28.4 Å². The number of benzene rings is 2. The molecule has 0 fully saturated rings. The minimum atomic E-state index is 0.779. The van der Waals surface area contributed by atoms with Crippen molar-refractivity contribution in [3.05, 3.63) is 47.0 Å². The number of hydrogen-bond acceptors (Lipinski definition) is 6. The highest BCUT2D eigenvalue weighted by atomic mass is 16.5. The molecule has 0 N–H and O–H groups in total. The number of likely N-dealkylation sites (N-methyl/N-ethyl adjacent to an activating group) is 1. The number of hydrogen-bond donors (Lipinski definition) is 0. The molecule has 1 aliphatic heterocycles. The Kier molecular flexibility index (Phi) is 9.06. The number of methoxy groups -OCH3 is 4. The topological polar surface area (TPSA) is 43.4 Å². The smallest absolute Gasteiger partial charge is 0.161 e. The molecular weight excluding hydrogens is 404 g/mol. The van der Waals surface area contributed by atoms with E-state index in [1.165, 1.54) is 23.1 Å². The normalized spacial score (nSPS) is 14.1. The van der Waals surface area contributed by atoms with Crippen LogP contribution in [-0.2, 0) is 19.3 Å². The fourth-order valence-corrected chi connectivity index (χ4v) is 4.35. The van der Waals surface area contributed by atoms with Crippen molar-refractivity contribution < 1.29 is 18.9 Å². The van der Waals surface area contributed by atoms with Gasteiger partial charge in [-0.05, 0) is 86.8 Å². The highest BCUT2D eigenvalue weighted by Crippen LogP contribution is 2.32. The molecule has 2 aromatic carbocycles. The zero-order valence-corrected chi connectivity index (χ0v) is 20.3. The quantitative estimate of drug-likeness (QED) is 0.529. The van der Waals surface area contributed by atoms with Crippen LogP contribution in [0.15, 0.2) is 30.3 Å². The molecule has 3 rings (SSSR count). The molecule has 0 bridgehead atoms. The second-order valence-corrected chi connectivity index (χ2v) is 8.41. The van der Waals surface area contributed by atoms with Crippen molar-refractivity contribution in [1.82, 2.24) is 9.80 Å². The van der Waals surface area contributed by atoms with Gasteiger partial charge in [0.15, 0.2) is 23.0 Å². The van der Waals surface area contributed by atoms with Gasteiger partial charge < -0.3 is 28.7 Å². The van der Waals surface area contributed by atoms with Crippen LogP contribution in [0.25, 0.3) is 0 Å². The third-order valence-electron chi connectivity index (χ3n) is 6.34. The average molecular weight is 443 g/mol. The van der Waals surface area contributed by atoms with E-state index in [4.69, 9.17) is 18.9 Å². The summed E-state index contributed by atoms with van der Waals surface area (Å²) in [4.78, 5) is 5.00. The van der Waals surface area contributed by atoms with Gasteiger partial charge >= 0.3 is 0 Å². The van der Waals surface area contributed by atoms with Crippen molar-refractivity contribution in [3.8, 4) is 23.0 Å². The molecule has 1 aliphatic rings. The van der Waals surface area contributed by atoms with Gasteiger partial charge in [-0.25, -0.2) is 0 Å². The van der Waals surface area contributed by atoms with E-state index in [0.29, 0.717) is 0 Å². The number of rotatable bonds is 11. The lowest BCUT2D eigenvalue weighted by molar-refractivity contribution is 0.254. The summed E-state index contributed by atoms with van der Waals surface area (Å²) in [6.07, 6.45) is 4.29. The van der Waals surface area contributed by atoms with Crippen LogP contribution in [0.1, 0.15) is 23.1 Å². The van der Waals surface area contributed by atoms with E-state index < -0.39 is 0 Å². The number of ether oxygens (including phenoxy) is 4. The lowest BCUT2D eigenvalue weighted by Crippen LogP contribution is -2.31. The fourth-order valence-electron chi connectivity index (χ4n) is 4.35. The van der Waals surface area contributed by atoms with Crippen LogP contribution >= 0.6 is 0 Å². The van der Waals surface area contributed by atoms with Crippen molar-refractivity contribution in [2.75, 3.05) is 68.2 Å². The van der Waals surface area contributed by atoms with E-state index in [2.05, 4.69) is 41.1 Å². The van der Waals surface area contributed by atoms with Crippen LogP contribution in [0.3, 0.4) is 0 Å². The molecule has 0 radical (unpaired) electrons. The van der Waals surface area contributed by atoms with Gasteiger partial charge in [0, 0.05) is 19.6 Å². The molecule has 0 amide bonds. The predicted octanol–water partition coefficient (Wildman–Crippen LogP) is 3.69. The molecule has 2 aromatic rings. The van der Waals surface area contributed by atoms with Crippen LogP contribution < -0.4 is 18.9 Å². The van der Waals surface area contributed by atoms with Crippen molar-refractivity contribution in [1.29, 1.82) is 0 Å². The summed E-state index contributed by atoms with van der Waals surface area (Å²) in [5, 5.41) is 0. The van der Waals surface area contributed by atoms with Crippen LogP contribution in [0.5, 0.6) is 23.0 Å². The number of nitrogens with zero attached hydrogens (tertiary/aromatic N) is 2. The zero-order valence-electron chi connectivity index (χ0n) is 20.3. The summed E-state index contributed by atoms with van der Waals surface area (Å²) in [7, 11) is 8.96. The summed E-state index contributed by atoms with van der Waals surface area (Å²) in [6.45, 7) is 5.44. The van der Waals surface area contributed by atoms with Crippen molar-refractivity contribution >= 4 is 0 Å². The summed E-state index contributed by atoms with van der Waals surface area (Å²) >= 11 is 0. The Morgan fingerprint density at radius 2 is 1.31 bits per heavy atom. The Morgan fingerprint density at radius 3 is 1.88 bits per heavy atom. The Labute approximate surface area is 193 Å². The van der Waals surface area contributed by atoms with Gasteiger partial charge in [0.25, 0.3) is 0 Å². The van der Waals surface area contributed by atoms with Gasteiger partial charge in [0.1, 0.15) is 0 Å². The molecule has 0 saturated carbocycles. The van der Waals surface area contributed by atoms with Gasteiger partial charge in [-0.2, -0.15) is 0 Å². The lowest BCUT2D eigenvalue weighted by atomic mass is 10.0. The summed E-state index contributed by atoms with van der Waals surface area (Å²) < 4.78 is 21.7. The minimum Gasteiger partial charge on any atom is -0.493 e. The maximum Gasteiger partial charge on any atom is 0.161 e. The first-order valence-electron chi connectivity index (χ1n) is 11.4. The molecule has 0 aromatic heterocycles.